The summed E-state index contributed by atoms with van der Waals surface area (Å²) < 4.78 is 10.4. The standard InChI is InChI=1S/C20H23NO4/c1-13-5-8-16(9-6-13)12-21-19(22)15(3)25-20(23)17-11-14(2)7-10-18(17)24-4/h5-11,15H,12H2,1-4H3,(H,21,22)/t15-/m0/s1. The molecule has 1 amide bonds. The van der Waals surface area contributed by atoms with E-state index in [1.54, 1.807) is 19.1 Å². The smallest absolute Gasteiger partial charge is 0.342 e. The number of carbonyl (C=O) groups is 2. The minimum atomic E-state index is -0.900. The molecule has 0 aliphatic heterocycles. The van der Waals surface area contributed by atoms with E-state index in [1.165, 1.54) is 7.11 Å². The summed E-state index contributed by atoms with van der Waals surface area (Å²) in [5.74, 6) is -0.512. The molecule has 1 N–H and O–H groups in total. The Morgan fingerprint density at radius 1 is 1.04 bits per heavy atom. The van der Waals surface area contributed by atoms with Gasteiger partial charge in [0.25, 0.3) is 5.91 Å². The number of aryl methyl sites for hydroxylation is 2. The Morgan fingerprint density at radius 2 is 1.68 bits per heavy atom. The Hall–Kier alpha value is -2.82. The normalized spacial score (nSPS) is 11.5. The first kappa shape index (κ1) is 18.5. The van der Waals surface area contributed by atoms with Crippen molar-refractivity contribution in [2.45, 2.75) is 33.4 Å². The molecule has 0 unspecified atom stereocenters. The molecule has 5 nitrogen and oxygen atoms in total. The van der Waals surface area contributed by atoms with E-state index in [0.717, 1.165) is 16.7 Å². The predicted octanol–water partition coefficient (Wildman–Crippen LogP) is 3.17. The van der Waals surface area contributed by atoms with Crippen LogP contribution in [0.1, 0.15) is 34.0 Å². The van der Waals surface area contributed by atoms with Gasteiger partial charge in [0.1, 0.15) is 11.3 Å². The van der Waals surface area contributed by atoms with Crippen LogP contribution in [-0.4, -0.2) is 25.1 Å². The highest BCUT2D eigenvalue weighted by molar-refractivity contribution is 5.94. The number of nitrogens with one attached hydrogen (secondary N) is 1. The maximum absolute atomic E-state index is 12.3. The summed E-state index contributed by atoms with van der Waals surface area (Å²) in [6.45, 7) is 5.80. The van der Waals surface area contributed by atoms with Crippen LogP contribution in [0.3, 0.4) is 0 Å². The van der Waals surface area contributed by atoms with Gasteiger partial charge in [0.15, 0.2) is 6.10 Å². The number of hydrogen-bond acceptors (Lipinski definition) is 4. The monoisotopic (exact) mass is 341 g/mol. The number of carbonyl (C=O) groups excluding carboxylic acids is 2. The van der Waals surface area contributed by atoms with Crippen LogP contribution in [0.5, 0.6) is 5.75 Å². The second-order valence-corrected chi connectivity index (χ2v) is 5.95. The molecule has 0 aromatic heterocycles. The lowest BCUT2D eigenvalue weighted by Crippen LogP contribution is -2.35. The zero-order chi connectivity index (χ0) is 18.4. The van der Waals surface area contributed by atoms with Crippen LogP contribution in [0.2, 0.25) is 0 Å². The molecule has 5 heteroatoms. The van der Waals surface area contributed by atoms with Crippen molar-refractivity contribution in [2.24, 2.45) is 0 Å². The van der Waals surface area contributed by atoms with Crippen molar-refractivity contribution in [1.29, 1.82) is 0 Å². The Balaban J connectivity index is 1.95. The summed E-state index contributed by atoms with van der Waals surface area (Å²) in [5, 5.41) is 2.77. The maximum Gasteiger partial charge on any atom is 0.342 e. The zero-order valence-electron chi connectivity index (χ0n) is 15.0. The minimum absolute atomic E-state index is 0.306. The quantitative estimate of drug-likeness (QED) is 0.820. The number of rotatable bonds is 6. The van der Waals surface area contributed by atoms with Gasteiger partial charge in [0.2, 0.25) is 0 Å². The molecule has 0 heterocycles. The van der Waals surface area contributed by atoms with E-state index in [-0.39, 0.29) is 5.91 Å². The van der Waals surface area contributed by atoms with E-state index >= 15 is 0 Å². The molecular formula is C20H23NO4. The van der Waals surface area contributed by atoms with Gasteiger partial charge in [0.05, 0.1) is 7.11 Å². The van der Waals surface area contributed by atoms with Crippen LogP contribution >= 0.6 is 0 Å². The van der Waals surface area contributed by atoms with Gasteiger partial charge in [-0.15, -0.1) is 0 Å². The average molecular weight is 341 g/mol. The fourth-order valence-corrected chi connectivity index (χ4v) is 2.30. The third kappa shape index (κ3) is 5.08. The summed E-state index contributed by atoms with van der Waals surface area (Å²) in [7, 11) is 1.49. The minimum Gasteiger partial charge on any atom is -0.496 e. The Labute approximate surface area is 148 Å². The molecule has 0 radical (unpaired) electrons. The van der Waals surface area contributed by atoms with Crippen molar-refractivity contribution in [3.8, 4) is 5.75 Å². The number of ether oxygens (including phenoxy) is 2. The fraction of sp³-hybridized carbons (Fsp3) is 0.300. The molecule has 2 aromatic carbocycles. The molecule has 0 saturated carbocycles. The van der Waals surface area contributed by atoms with Crippen LogP contribution < -0.4 is 10.1 Å². The van der Waals surface area contributed by atoms with Gasteiger partial charge in [-0.05, 0) is 38.5 Å². The number of methoxy groups -OCH3 is 1. The lowest BCUT2D eigenvalue weighted by Gasteiger charge is -2.15. The molecule has 2 rings (SSSR count). The molecule has 0 saturated heterocycles. The highest BCUT2D eigenvalue weighted by Gasteiger charge is 2.21. The molecule has 0 bridgehead atoms. The van der Waals surface area contributed by atoms with Crippen LogP contribution in [0.15, 0.2) is 42.5 Å². The van der Waals surface area contributed by atoms with Gasteiger partial charge >= 0.3 is 5.97 Å². The summed E-state index contributed by atoms with van der Waals surface area (Å²) >= 11 is 0. The van der Waals surface area contributed by atoms with Crippen LogP contribution in [0.4, 0.5) is 0 Å². The van der Waals surface area contributed by atoms with Crippen LogP contribution in [0.25, 0.3) is 0 Å². The Kier molecular flexibility index (Phi) is 6.17. The Morgan fingerprint density at radius 3 is 2.32 bits per heavy atom. The fourth-order valence-electron chi connectivity index (χ4n) is 2.30. The van der Waals surface area contributed by atoms with Crippen LogP contribution in [-0.2, 0) is 16.1 Å². The number of esters is 1. The topological polar surface area (TPSA) is 64.6 Å². The molecule has 0 fully saturated rings. The number of benzene rings is 2. The lowest BCUT2D eigenvalue weighted by molar-refractivity contribution is -0.129. The van der Waals surface area contributed by atoms with Gasteiger partial charge in [-0.1, -0.05) is 41.5 Å². The number of hydrogen-bond donors (Lipinski definition) is 1. The first-order chi connectivity index (χ1) is 11.9. The summed E-state index contributed by atoms with van der Waals surface area (Å²) in [6, 6.07) is 13.1. The molecule has 0 aliphatic carbocycles. The number of amides is 1. The van der Waals surface area contributed by atoms with Gasteiger partial charge < -0.3 is 14.8 Å². The highest BCUT2D eigenvalue weighted by Crippen LogP contribution is 2.21. The molecule has 132 valence electrons. The van der Waals surface area contributed by atoms with Crippen molar-refractivity contribution in [1.82, 2.24) is 5.32 Å². The van der Waals surface area contributed by atoms with Crippen molar-refractivity contribution >= 4 is 11.9 Å². The molecule has 0 spiro atoms. The SMILES string of the molecule is COc1ccc(C)cc1C(=O)O[C@@H](C)C(=O)NCc1ccc(C)cc1. The molecule has 1 atom stereocenters. The summed E-state index contributed by atoms with van der Waals surface area (Å²) in [4.78, 5) is 24.5. The lowest BCUT2D eigenvalue weighted by atomic mass is 10.1. The summed E-state index contributed by atoms with van der Waals surface area (Å²) in [6.07, 6.45) is -0.900. The summed E-state index contributed by atoms with van der Waals surface area (Å²) in [5.41, 5.74) is 3.35. The van der Waals surface area contributed by atoms with Crippen molar-refractivity contribution in [2.75, 3.05) is 7.11 Å². The van der Waals surface area contributed by atoms with E-state index in [0.29, 0.717) is 17.9 Å². The first-order valence-electron chi connectivity index (χ1n) is 8.09. The average Bonchev–Trinajstić information content (AvgIpc) is 2.60. The van der Waals surface area contributed by atoms with E-state index in [4.69, 9.17) is 9.47 Å². The zero-order valence-corrected chi connectivity index (χ0v) is 15.0. The second kappa shape index (κ2) is 8.33. The maximum atomic E-state index is 12.3. The molecule has 0 aliphatic rings. The second-order valence-electron chi connectivity index (χ2n) is 5.95. The third-order valence-corrected chi connectivity index (χ3v) is 3.82. The first-order valence-corrected chi connectivity index (χ1v) is 8.09. The van der Waals surface area contributed by atoms with E-state index < -0.39 is 12.1 Å². The van der Waals surface area contributed by atoms with Crippen LogP contribution in [0, 0.1) is 13.8 Å². The molecule has 2 aromatic rings. The van der Waals surface area contributed by atoms with Crippen molar-refractivity contribution in [3.05, 3.63) is 64.7 Å². The van der Waals surface area contributed by atoms with Gasteiger partial charge in [-0.2, -0.15) is 0 Å². The predicted molar refractivity (Wildman–Crippen MR) is 95.6 cm³/mol. The van der Waals surface area contributed by atoms with E-state index in [1.807, 2.05) is 44.2 Å². The molecule has 25 heavy (non-hydrogen) atoms. The van der Waals surface area contributed by atoms with Gasteiger partial charge in [0, 0.05) is 6.54 Å². The largest absolute Gasteiger partial charge is 0.496 e. The van der Waals surface area contributed by atoms with E-state index in [9.17, 15) is 9.59 Å². The van der Waals surface area contributed by atoms with Gasteiger partial charge in [-0.25, -0.2) is 4.79 Å². The van der Waals surface area contributed by atoms with E-state index in [2.05, 4.69) is 5.32 Å². The Bertz CT molecular complexity index is 753. The van der Waals surface area contributed by atoms with Crippen molar-refractivity contribution < 1.29 is 19.1 Å². The van der Waals surface area contributed by atoms with Gasteiger partial charge in [-0.3, -0.25) is 4.79 Å². The molecular weight excluding hydrogens is 318 g/mol. The highest BCUT2D eigenvalue weighted by atomic mass is 16.5. The third-order valence-electron chi connectivity index (χ3n) is 3.82. The van der Waals surface area contributed by atoms with Crippen molar-refractivity contribution in [3.63, 3.8) is 0 Å².